The average molecular weight is 292 g/mol. The van der Waals surface area contributed by atoms with Crippen molar-refractivity contribution in [2.45, 2.75) is 11.4 Å². The van der Waals surface area contributed by atoms with Crippen LogP contribution in [0.15, 0.2) is 47.5 Å². The summed E-state index contributed by atoms with van der Waals surface area (Å²) in [6.07, 6.45) is 1.71. The summed E-state index contributed by atoms with van der Waals surface area (Å²) in [7, 11) is -1.95. The maximum absolute atomic E-state index is 11.4. The highest BCUT2D eigenvalue weighted by Crippen LogP contribution is 2.23. The third-order valence-electron chi connectivity index (χ3n) is 2.81. The van der Waals surface area contributed by atoms with Crippen LogP contribution < -0.4 is 15.8 Å². The normalized spacial score (nSPS) is 11.3. The standard InChI is InChI=1S/C13H16N4O2S/c1-17(9-11-4-2-3-5-16-11)12-6-10(14)7-13(8-12)20(15,18)19/h2-8H,9,14H2,1H3,(H2,15,18,19). The molecule has 0 fully saturated rings. The van der Waals surface area contributed by atoms with Gasteiger partial charge in [-0.3, -0.25) is 4.98 Å². The highest BCUT2D eigenvalue weighted by Gasteiger charge is 2.12. The second-order valence-corrected chi connectivity index (χ2v) is 6.04. The van der Waals surface area contributed by atoms with E-state index in [2.05, 4.69) is 4.98 Å². The summed E-state index contributed by atoms with van der Waals surface area (Å²) in [5, 5.41) is 5.13. The number of pyridine rings is 1. The van der Waals surface area contributed by atoms with Crippen LogP contribution in [0.4, 0.5) is 11.4 Å². The van der Waals surface area contributed by atoms with E-state index in [0.29, 0.717) is 17.9 Å². The van der Waals surface area contributed by atoms with Gasteiger partial charge in [-0.25, -0.2) is 13.6 Å². The van der Waals surface area contributed by atoms with Crippen LogP contribution >= 0.6 is 0 Å². The van der Waals surface area contributed by atoms with Crippen molar-refractivity contribution in [3.05, 3.63) is 48.3 Å². The molecule has 20 heavy (non-hydrogen) atoms. The van der Waals surface area contributed by atoms with Gasteiger partial charge in [0.1, 0.15) is 0 Å². The number of anilines is 2. The fourth-order valence-electron chi connectivity index (χ4n) is 1.82. The van der Waals surface area contributed by atoms with E-state index in [-0.39, 0.29) is 4.90 Å². The van der Waals surface area contributed by atoms with E-state index >= 15 is 0 Å². The molecule has 0 atom stereocenters. The Kier molecular flexibility index (Phi) is 3.91. The number of hydrogen-bond donors (Lipinski definition) is 2. The first kappa shape index (κ1) is 14.3. The molecule has 4 N–H and O–H groups in total. The number of rotatable bonds is 4. The minimum atomic E-state index is -3.78. The maximum Gasteiger partial charge on any atom is 0.238 e. The van der Waals surface area contributed by atoms with Gasteiger partial charge in [0.2, 0.25) is 10.0 Å². The van der Waals surface area contributed by atoms with Crippen molar-refractivity contribution in [1.82, 2.24) is 4.98 Å². The van der Waals surface area contributed by atoms with Gasteiger partial charge in [-0.15, -0.1) is 0 Å². The van der Waals surface area contributed by atoms with Crippen LogP contribution in [0.5, 0.6) is 0 Å². The number of sulfonamides is 1. The molecule has 0 radical (unpaired) electrons. The monoisotopic (exact) mass is 292 g/mol. The van der Waals surface area contributed by atoms with Crippen LogP contribution in [0.25, 0.3) is 0 Å². The Morgan fingerprint density at radius 1 is 1.25 bits per heavy atom. The molecule has 1 aromatic carbocycles. The quantitative estimate of drug-likeness (QED) is 0.817. The Labute approximate surface area is 118 Å². The van der Waals surface area contributed by atoms with Crippen molar-refractivity contribution in [1.29, 1.82) is 0 Å². The van der Waals surface area contributed by atoms with Crippen LogP contribution in [-0.2, 0) is 16.6 Å². The first-order valence-corrected chi connectivity index (χ1v) is 7.45. The van der Waals surface area contributed by atoms with E-state index in [4.69, 9.17) is 10.9 Å². The van der Waals surface area contributed by atoms with Crippen LogP contribution in [0.2, 0.25) is 0 Å². The highest BCUT2D eigenvalue weighted by atomic mass is 32.2. The second kappa shape index (κ2) is 5.48. The zero-order valence-electron chi connectivity index (χ0n) is 11.0. The largest absolute Gasteiger partial charge is 0.399 e. The first-order chi connectivity index (χ1) is 9.36. The molecule has 1 heterocycles. The fourth-order valence-corrected chi connectivity index (χ4v) is 2.40. The summed E-state index contributed by atoms with van der Waals surface area (Å²) in [6.45, 7) is 0.536. The molecular formula is C13H16N4O2S. The molecule has 2 aromatic rings. The van der Waals surface area contributed by atoms with Crippen LogP contribution in [0, 0.1) is 0 Å². The number of primary sulfonamides is 1. The van der Waals surface area contributed by atoms with Crippen LogP contribution in [-0.4, -0.2) is 20.4 Å². The molecule has 0 saturated heterocycles. The number of nitrogens with two attached hydrogens (primary N) is 2. The minimum absolute atomic E-state index is 0.000343. The number of nitrogens with zero attached hydrogens (tertiary/aromatic N) is 2. The topological polar surface area (TPSA) is 102 Å². The van der Waals surface area contributed by atoms with Gasteiger partial charge in [0.25, 0.3) is 0 Å². The van der Waals surface area contributed by atoms with Gasteiger partial charge in [-0.2, -0.15) is 0 Å². The lowest BCUT2D eigenvalue weighted by atomic mass is 10.2. The zero-order valence-corrected chi connectivity index (χ0v) is 11.8. The van der Waals surface area contributed by atoms with E-state index in [1.165, 1.54) is 12.1 Å². The predicted octanol–water partition coefficient (Wildman–Crippen LogP) is 0.948. The average Bonchev–Trinajstić information content (AvgIpc) is 2.38. The van der Waals surface area contributed by atoms with E-state index in [1.54, 1.807) is 12.3 Å². The highest BCUT2D eigenvalue weighted by molar-refractivity contribution is 7.89. The molecule has 0 spiro atoms. The molecule has 0 unspecified atom stereocenters. The molecular weight excluding hydrogens is 276 g/mol. The van der Waals surface area contributed by atoms with Crippen molar-refractivity contribution < 1.29 is 8.42 Å². The molecule has 106 valence electrons. The zero-order chi connectivity index (χ0) is 14.8. The molecule has 0 bridgehead atoms. The van der Waals surface area contributed by atoms with E-state index in [1.807, 2.05) is 30.1 Å². The van der Waals surface area contributed by atoms with E-state index < -0.39 is 10.0 Å². The van der Waals surface area contributed by atoms with Gasteiger partial charge in [-0.1, -0.05) is 6.07 Å². The van der Waals surface area contributed by atoms with Crippen LogP contribution in [0.1, 0.15) is 5.69 Å². The summed E-state index contributed by atoms with van der Waals surface area (Å²) in [5.74, 6) is 0. The van der Waals surface area contributed by atoms with Gasteiger partial charge < -0.3 is 10.6 Å². The SMILES string of the molecule is CN(Cc1ccccn1)c1cc(N)cc(S(N)(=O)=O)c1. The fraction of sp³-hybridized carbons (Fsp3) is 0.154. The van der Waals surface area contributed by atoms with E-state index in [0.717, 1.165) is 5.69 Å². The molecule has 0 amide bonds. The van der Waals surface area contributed by atoms with Gasteiger partial charge in [0.15, 0.2) is 0 Å². The Balaban J connectivity index is 2.31. The summed E-state index contributed by atoms with van der Waals surface area (Å²) < 4.78 is 22.8. The minimum Gasteiger partial charge on any atom is -0.399 e. The molecule has 7 heteroatoms. The Bertz CT molecular complexity index is 702. The van der Waals surface area contributed by atoms with Gasteiger partial charge >= 0.3 is 0 Å². The number of aromatic nitrogens is 1. The molecule has 2 rings (SSSR count). The number of benzene rings is 1. The summed E-state index contributed by atoms with van der Waals surface area (Å²) >= 11 is 0. The lowest BCUT2D eigenvalue weighted by Crippen LogP contribution is -2.19. The molecule has 1 aromatic heterocycles. The third kappa shape index (κ3) is 3.46. The first-order valence-electron chi connectivity index (χ1n) is 5.90. The molecule has 0 aliphatic carbocycles. The van der Waals surface area contributed by atoms with Crippen LogP contribution in [0.3, 0.4) is 0 Å². The van der Waals surface area contributed by atoms with Gasteiger partial charge in [-0.05, 0) is 30.3 Å². The number of nitrogen functional groups attached to an aromatic ring is 1. The Morgan fingerprint density at radius 3 is 2.60 bits per heavy atom. The van der Waals surface area contributed by atoms with E-state index in [9.17, 15) is 8.42 Å². The van der Waals surface area contributed by atoms with Crippen molar-refractivity contribution in [2.75, 3.05) is 17.7 Å². The lowest BCUT2D eigenvalue weighted by molar-refractivity contribution is 0.598. The smallest absolute Gasteiger partial charge is 0.238 e. The summed E-state index contributed by atoms with van der Waals surface area (Å²) in [6, 6.07) is 10.2. The van der Waals surface area contributed by atoms with Crippen molar-refractivity contribution in [2.24, 2.45) is 5.14 Å². The molecule has 6 nitrogen and oxygen atoms in total. The second-order valence-electron chi connectivity index (χ2n) is 4.48. The molecule has 0 saturated carbocycles. The molecule has 0 aliphatic heterocycles. The Morgan fingerprint density at radius 2 is 2.00 bits per heavy atom. The molecule has 0 aliphatic rings. The predicted molar refractivity (Wildman–Crippen MR) is 78.6 cm³/mol. The number of hydrogen-bond acceptors (Lipinski definition) is 5. The van der Waals surface area contributed by atoms with Gasteiger partial charge in [0.05, 0.1) is 17.1 Å². The van der Waals surface area contributed by atoms with Gasteiger partial charge in [0, 0.05) is 24.6 Å². The van der Waals surface area contributed by atoms with Crippen molar-refractivity contribution in [3.63, 3.8) is 0 Å². The summed E-state index contributed by atoms with van der Waals surface area (Å²) in [5.41, 5.74) is 7.61. The van der Waals surface area contributed by atoms with Crippen molar-refractivity contribution >= 4 is 21.4 Å². The lowest BCUT2D eigenvalue weighted by Gasteiger charge is -2.20. The van der Waals surface area contributed by atoms with Crippen molar-refractivity contribution in [3.8, 4) is 0 Å². The Hall–Kier alpha value is -2.12. The summed E-state index contributed by atoms with van der Waals surface area (Å²) in [4.78, 5) is 6.08. The maximum atomic E-state index is 11.4. The third-order valence-corrected chi connectivity index (χ3v) is 3.70.